The van der Waals surface area contributed by atoms with Gasteiger partial charge in [0.2, 0.25) is 10.0 Å². The van der Waals surface area contributed by atoms with Crippen LogP contribution in [0, 0.1) is 6.92 Å². The molecule has 1 aromatic rings. The zero-order valence-electron chi connectivity index (χ0n) is 12.1. The highest BCUT2D eigenvalue weighted by atomic mass is 35.5. The summed E-state index contributed by atoms with van der Waals surface area (Å²) in [4.78, 5) is 11.6. The van der Waals surface area contributed by atoms with Gasteiger partial charge in [-0.2, -0.15) is 0 Å². The van der Waals surface area contributed by atoms with Crippen molar-refractivity contribution >= 4 is 28.4 Å². The van der Waals surface area contributed by atoms with Gasteiger partial charge in [-0.25, -0.2) is 17.9 Å². The van der Waals surface area contributed by atoms with E-state index in [1.165, 1.54) is 25.3 Å². The molecule has 0 saturated heterocycles. The Kier molecular flexibility index (Phi) is 8.50. The zero-order valence-corrected chi connectivity index (χ0v) is 13.7. The number of carbonyl (C=O) groups is 1. The summed E-state index contributed by atoms with van der Waals surface area (Å²) in [6, 6.07) is 4.30. The molecule has 0 spiro atoms. The van der Waals surface area contributed by atoms with Crippen LogP contribution in [0.15, 0.2) is 23.1 Å². The average molecular weight is 337 g/mol. The van der Waals surface area contributed by atoms with Crippen molar-refractivity contribution in [3.8, 4) is 0 Å². The zero-order chi connectivity index (χ0) is 15.2. The number of nitrogens with one attached hydrogen (secondary N) is 1. The fourth-order valence-electron chi connectivity index (χ4n) is 1.70. The van der Waals surface area contributed by atoms with Gasteiger partial charge in [-0.15, -0.1) is 12.4 Å². The number of halogens is 1. The molecule has 6 nitrogen and oxygen atoms in total. The van der Waals surface area contributed by atoms with Crippen LogP contribution < -0.4 is 10.5 Å². The van der Waals surface area contributed by atoms with E-state index in [2.05, 4.69) is 9.46 Å². The molecule has 1 aromatic carbocycles. The topological polar surface area (TPSA) is 98.5 Å². The number of nitrogens with two attached hydrogens (primary N) is 1. The first-order valence-corrected chi connectivity index (χ1v) is 7.79. The number of ether oxygens (including phenoxy) is 1. The highest BCUT2D eigenvalue weighted by Gasteiger charge is 2.16. The standard InChI is InChI=1S/C13H20N2O4S.ClH/c1-10-9-11(5-6-12(10)13(16)19-2)20(17,18)15-8-4-3-7-14;/h5-6,9,15H,3-4,7-8,14H2,1-2H3;1H. The number of esters is 1. The molecule has 0 radical (unpaired) electrons. The van der Waals surface area contributed by atoms with E-state index >= 15 is 0 Å². The summed E-state index contributed by atoms with van der Waals surface area (Å²) >= 11 is 0. The molecule has 120 valence electrons. The predicted octanol–water partition coefficient (Wildman–Crippen LogP) is 1.22. The molecule has 0 amide bonds. The van der Waals surface area contributed by atoms with E-state index in [9.17, 15) is 13.2 Å². The second kappa shape index (κ2) is 8.99. The third kappa shape index (κ3) is 5.62. The van der Waals surface area contributed by atoms with E-state index in [1.54, 1.807) is 6.92 Å². The lowest BCUT2D eigenvalue weighted by Gasteiger charge is -2.09. The average Bonchev–Trinajstić information content (AvgIpc) is 2.42. The third-order valence-electron chi connectivity index (χ3n) is 2.84. The van der Waals surface area contributed by atoms with Crippen molar-refractivity contribution < 1.29 is 17.9 Å². The molecule has 0 saturated carbocycles. The van der Waals surface area contributed by atoms with Crippen molar-refractivity contribution in [2.24, 2.45) is 5.73 Å². The summed E-state index contributed by atoms with van der Waals surface area (Å²) in [5.74, 6) is -0.484. The molecule has 8 heteroatoms. The van der Waals surface area contributed by atoms with Gasteiger partial charge >= 0.3 is 5.97 Å². The van der Waals surface area contributed by atoms with Crippen LogP contribution in [-0.2, 0) is 14.8 Å². The number of rotatable bonds is 7. The maximum Gasteiger partial charge on any atom is 0.338 e. The third-order valence-corrected chi connectivity index (χ3v) is 4.30. The van der Waals surface area contributed by atoms with Crippen molar-refractivity contribution in [1.82, 2.24) is 4.72 Å². The van der Waals surface area contributed by atoms with E-state index in [0.29, 0.717) is 30.6 Å². The summed E-state index contributed by atoms with van der Waals surface area (Å²) in [6.07, 6.45) is 1.46. The van der Waals surface area contributed by atoms with Crippen LogP contribution in [0.2, 0.25) is 0 Å². The van der Waals surface area contributed by atoms with Gasteiger partial charge in [0, 0.05) is 6.54 Å². The maximum atomic E-state index is 12.0. The van der Waals surface area contributed by atoms with Crippen molar-refractivity contribution in [3.63, 3.8) is 0 Å². The minimum Gasteiger partial charge on any atom is -0.465 e. The van der Waals surface area contributed by atoms with E-state index in [1.807, 2.05) is 0 Å². The highest BCUT2D eigenvalue weighted by molar-refractivity contribution is 7.89. The lowest BCUT2D eigenvalue weighted by molar-refractivity contribution is 0.0600. The van der Waals surface area contributed by atoms with Crippen LogP contribution in [0.3, 0.4) is 0 Å². The Morgan fingerprint density at radius 3 is 2.52 bits per heavy atom. The Balaban J connectivity index is 0.00000400. The highest BCUT2D eigenvalue weighted by Crippen LogP contribution is 2.16. The summed E-state index contributed by atoms with van der Waals surface area (Å²) < 4.78 is 31.2. The van der Waals surface area contributed by atoms with Gasteiger partial charge in [0.15, 0.2) is 0 Å². The number of aryl methyl sites for hydroxylation is 1. The largest absolute Gasteiger partial charge is 0.465 e. The number of benzene rings is 1. The first kappa shape index (κ1) is 19.9. The van der Waals surface area contributed by atoms with Gasteiger partial charge < -0.3 is 10.5 Å². The molecular formula is C13H21ClN2O4S. The second-order valence-corrected chi connectivity index (χ2v) is 6.13. The van der Waals surface area contributed by atoms with E-state index in [-0.39, 0.29) is 17.3 Å². The summed E-state index contributed by atoms with van der Waals surface area (Å²) in [5, 5.41) is 0. The van der Waals surface area contributed by atoms with Gasteiger partial charge in [0.1, 0.15) is 0 Å². The van der Waals surface area contributed by atoms with Gasteiger partial charge in [-0.1, -0.05) is 0 Å². The number of sulfonamides is 1. The Bertz CT molecular complexity index is 576. The monoisotopic (exact) mass is 336 g/mol. The number of hydrogen-bond acceptors (Lipinski definition) is 5. The lowest BCUT2D eigenvalue weighted by atomic mass is 10.1. The molecule has 0 aromatic heterocycles. The first-order chi connectivity index (χ1) is 9.42. The first-order valence-electron chi connectivity index (χ1n) is 6.31. The van der Waals surface area contributed by atoms with Crippen LogP contribution in [0.1, 0.15) is 28.8 Å². The van der Waals surface area contributed by atoms with Crippen molar-refractivity contribution in [3.05, 3.63) is 29.3 Å². The minimum absolute atomic E-state index is 0. The van der Waals surface area contributed by atoms with E-state index in [0.717, 1.165) is 6.42 Å². The molecule has 0 atom stereocenters. The summed E-state index contributed by atoms with van der Waals surface area (Å²) in [6.45, 7) is 2.55. The molecule has 0 aliphatic heterocycles. The van der Waals surface area contributed by atoms with E-state index < -0.39 is 16.0 Å². The van der Waals surface area contributed by atoms with Crippen molar-refractivity contribution in [1.29, 1.82) is 0 Å². The lowest BCUT2D eigenvalue weighted by Crippen LogP contribution is -2.25. The Labute approximate surface area is 131 Å². The number of methoxy groups -OCH3 is 1. The second-order valence-electron chi connectivity index (χ2n) is 4.36. The Morgan fingerprint density at radius 1 is 1.33 bits per heavy atom. The molecule has 0 fully saturated rings. The molecule has 0 unspecified atom stereocenters. The number of hydrogen-bond donors (Lipinski definition) is 2. The van der Waals surface area contributed by atoms with Gasteiger partial charge in [0.05, 0.1) is 17.6 Å². The van der Waals surface area contributed by atoms with Crippen LogP contribution in [0.4, 0.5) is 0 Å². The SMILES string of the molecule is COC(=O)c1ccc(S(=O)(=O)NCCCCN)cc1C.Cl. The van der Waals surface area contributed by atoms with Crippen LogP contribution >= 0.6 is 12.4 Å². The predicted molar refractivity (Wildman–Crippen MR) is 83.2 cm³/mol. The molecule has 0 heterocycles. The fraction of sp³-hybridized carbons (Fsp3) is 0.462. The molecule has 3 N–H and O–H groups in total. The normalized spacial score (nSPS) is 10.8. The van der Waals surface area contributed by atoms with Crippen molar-refractivity contribution in [2.75, 3.05) is 20.2 Å². The smallest absolute Gasteiger partial charge is 0.338 e. The van der Waals surface area contributed by atoms with Gasteiger partial charge in [-0.05, 0) is 50.1 Å². The summed E-state index contributed by atoms with van der Waals surface area (Å²) in [7, 11) is -2.27. The van der Waals surface area contributed by atoms with Gasteiger partial charge in [0.25, 0.3) is 0 Å². The molecule has 0 bridgehead atoms. The van der Waals surface area contributed by atoms with Crippen LogP contribution in [-0.4, -0.2) is 34.6 Å². The maximum absolute atomic E-state index is 12.0. The van der Waals surface area contributed by atoms with E-state index in [4.69, 9.17) is 5.73 Å². The quantitative estimate of drug-likeness (QED) is 0.576. The summed E-state index contributed by atoms with van der Waals surface area (Å²) in [5.41, 5.74) is 6.26. The Hall–Kier alpha value is -1.15. The van der Waals surface area contributed by atoms with Gasteiger partial charge in [-0.3, -0.25) is 0 Å². The molecule has 21 heavy (non-hydrogen) atoms. The minimum atomic E-state index is -3.56. The molecular weight excluding hydrogens is 316 g/mol. The molecule has 0 aliphatic carbocycles. The fourth-order valence-corrected chi connectivity index (χ4v) is 2.86. The van der Waals surface area contributed by atoms with Crippen molar-refractivity contribution in [2.45, 2.75) is 24.7 Å². The Morgan fingerprint density at radius 2 is 2.00 bits per heavy atom. The molecule has 1 rings (SSSR count). The molecule has 0 aliphatic rings. The number of unbranched alkanes of at least 4 members (excludes halogenated alkanes) is 1. The van der Waals surface area contributed by atoms with Crippen LogP contribution in [0.25, 0.3) is 0 Å². The number of carbonyl (C=O) groups excluding carboxylic acids is 1. The van der Waals surface area contributed by atoms with Crippen LogP contribution in [0.5, 0.6) is 0 Å².